The van der Waals surface area contributed by atoms with Crippen LogP contribution in [0.4, 0.5) is 9.52 Å². The maximum atomic E-state index is 13.0. The van der Waals surface area contributed by atoms with Crippen molar-refractivity contribution in [3.63, 3.8) is 0 Å². The summed E-state index contributed by atoms with van der Waals surface area (Å²) in [7, 11) is 0. The van der Waals surface area contributed by atoms with Gasteiger partial charge in [0.25, 0.3) is 0 Å². The van der Waals surface area contributed by atoms with Crippen LogP contribution in [-0.2, 0) is 9.59 Å². The molecular weight excluding hydrogens is 397 g/mol. The number of hydrogen-bond donors (Lipinski definition) is 1. The van der Waals surface area contributed by atoms with Crippen LogP contribution in [0.3, 0.4) is 0 Å². The van der Waals surface area contributed by atoms with Crippen LogP contribution in [-0.4, -0.2) is 45.8 Å². The minimum Gasteiger partial charge on any atom is -0.339 e. The van der Waals surface area contributed by atoms with Gasteiger partial charge in [-0.25, -0.2) is 9.37 Å². The quantitative estimate of drug-likeness (QED) is 0.719. The first-order chi connectivity index (χ1) is 13.6. The predicted octanol–water partition coefficient (Wildman–Crippen LogP) is 4.41. The average molecular weight is 422 g/mol. The molecule has 28 heavy (non-hydrogen) atoms. The molecule has 0 bridgehead atoms. The standard InChI is InChI=1S/C20H24FN3O2S2/c1-2-16-5-3-4-10-24(16)19(26)13-27-12-18(25)23-20-22-17(11-28-20)14-6-8-15(21)9-7-14/h6-9,11,16H,2-5,10,12-13H2,1H3,(H,22,23,25). The molecular formula is C20H24FN3O2S2. The third kappa shape index (κ3) is 5.54. The van der Waals surface area contributed by atoms with Gasteiger partial charge in [0.15, 0.2) is 5.13 Å². The molecule has 0 radical (unpaired) electrons. The van der Waals surface area contributed by atoms with Crippen LogP contribution in [0, 0.1) is 5.82 Å². The van der Waals surface area contributed by atoms with Gasteiger partial charge in [0.1, 0.15) is 5.82 Å². The van der Waals surface area contributed by atoms with E-state index in [9.17, 15) is 14.0 Å². The van der Waals surface area contributed by atoms with Crippen molar-refractivity contribution in [1.29, 1.82) is 0 Å². The van der Waals surface area contributed by atoms with E-state index in [0.717, 1.165) is 31.4 Å². The molecule has 0 spiro atoms. The van der Waals surface area contributed by atoms with E-state index in [4.69, 9.17) is 0 Å². The maximum Gasteiger partial charge on any atom is 0.236 e. The molecule has 2 amide bonds. The van der Waals surface area contributed by atoms with E-state index in [1.54, 1.807) is 12.1 Å². The van der Waals surface area contributed by atoms with E-state index >= 15 is 0 Å². The van der Waals surface area contributed by atoms with Gasteiger partial charge in [0.2, 0.25) is 11.8 Å². The largest absolute Gasteiger partial charge is 0.339 e. The van der Waals surface area contributed by atoms with Crippen LogP contribution < -0.4 is 5.32 Å². The zero-order valence-electron chi connectivity index (χ0n) is 15.8. The zero-order valence-corrected chi connectivity index (χ0v) is 17.5. The summed E-state index contributed by atoms with van der Waals surface area (Å²) in [6.07, 6.45) is 4.31. The minimum absolute atomic E-state index is 0.122. The van der Waals surface area contributed by atoms with Gasteiger partial charge in [0, 0.05) is 23.5 Å². The number of hydrogen-bond acceptors (Lipinski definition) is 5. The molecule has 5 nitrogen and oxygen atoms in total. The van der Waals surface area contributed by atoms with Crippen molar-refractivity contribution >= 4 is 40.0 Å². The molecule has 1 fully saturated rings. The third-order valence-corrected chi connectivity index (χ3v) is 6.44. The molecule has 0 aliphatic carbocycles. The molecule has 150 valence electrons. The summed E-state index contributed by atoms with van der Waals surface area (Å²) < 4.78 is 13.0. The Kier molecular flexibility index (Phi) is 7.44. The summed E-state index contributed by atoms with van der Waals surface area (Å²) in [6, 6.07) is 6.41. The Labute approximate surface area is 172 Å². The number of anilines is 1. The van der Waals surface area contributed by atoms with Crippen LogP contribution in [0.1, 0.15) is 32.6 Å². The summed E-state index contributed by atoms with van der Waals surface area (Å²) >= 11 is 2.65. The van der Waals surface area contributed by atoms with Gasteiger partial charge in [-0.1, -0.05) is 6.92 Å². The average Bonchev–Trinajstić information content (AvgIpc) is 3.16. The Morgan fingerprint density at radius 2 is 2.07 bits per heavy atom. The lowest BCUT2D eigenvalue weighted by atomic mass is 10.0. The normalized spacial score (nSPS) is 16.8. The summed E-state index contributed by atoms with van der Waals surface area (Å²) in [5, 5.41) is 5.08. The lowest BCUT2D eigenvalue weighted by molar-refractivity contribution is -0.132. The first-order valence-corrected chi connectivity index (χ1v) is 11.5. The molecule has 2 heterocycles. The number of piperidine rings is 1. The van der Waals surface area contributed by atoms with Gasteiger partial charge in [-0.2, -0.15) is 0 Å². The number of aromatic nitrogens is 1. The third-order valence-electron chi connectivity index (χ3n) is 4.77. The molecule has 1 aromatic carbocycles. The number of halogens is 1. The van der Waals surface area contributed by atoms with Crippen LogP contribution in [0.2, 0.25) is 0 Å². The van der Waals surface area contributed by atoms with Gasteiger partial charge in [-0.15, -0.1) is 23.1 Å². The van der Waals surface area contributed by atoms with E-state index in [2.05, 4.69) is 17.2 Å². The van der Waals surface area contributed by atoms with Crippen molar-refractivity contribution in [1.82, 2.24) is 9.88 Å². The first kappa shape index (κ1) is 20.8. The second kappa shape index (κ2) is 10.0. The van der Waals surface area contributed by atoms with Crippen molar-refractivity contribution in [2.75, 3.05) is 23.4 Å². The highest BCUT2D eigenvalue weighted by Crippen LogP contribution is 2.25. The van der Waals surface area contributed by atoms with Crippen molar-refractivity contribution in [3.05, 3.63) is 35.5 Å². The summed E-state index contributed by atoms with van der Waals surface area (Å²) in [4.78, 5) is 30.9. The summed E-state index contributed by atoms with van der Waals surface area (Å²) in [5.41, 5.74) is 1.49. The van der Waals surface area contributed by atoms with Crippen molar-refractivity contribution in [2.45, 2.75) is 38.6 Å². The Morgan fingerprint density at radius 3 is 2.82 bits per heavy atom. The van der Waals surface area contributed by atoms with Crippen LogP contribution >= 0.6 is 23.1 Å². The number of amides is 2. The van der Waals surface area contributed by atoms with E-state index in [0.29, 0.717) is 22.6 Å². The van der Waals surface area contributed by atoms with E-state index < -0.39 is 0 Å². The molecule has 1 aliphatic heterocycles. The van der Waals surface area contributed by atoms with Crippen LogP contribution in [0.25, 0.3) is 11.3 Å². The fraction of sp³-hybridized carbons (Fsp3) is 0.450. The first-order valence-electron chi connectivity index (χ1n) is 9.45. The topological polar surface area (TPSA) is 62.3 Å². The highest BCUT2D eigenvalue weighted by molar-refractivity contribution is 8.00. The molecule has 0 saturated carbocycles. The monoisotopic (exact) mass is 421 g/mol. The lowest BCUT2D eigenvalue weighted by Crippen LogP contribution is -2.44. The van der Waals surface area contributed by atoms with Crippen molar-refractivity contribution < 1.29 is 14.0 Å². The molecule has 1 N–H and O–H groups in total. The van der Waals surface area contributed by atoms with Gasteiger partial charge in [0.05, 0.1) is 17.2 Å². The molecule has 3 rings (SSSR count). The van der Waals surface area contributed by atoms with E-state index in [-0.39, 0.29) is 23.4 Å². The van der Waals surface area contributed by atoms with Crippen LogP contribution in [0.15, 0.2) is 29.6 Å². The Balaban J connectivity index is 1.44. The molecule has 1 unspecified atom stereocenters. The van der Waals surface area contributed by atoms with E-state index in [1.165, 1.54) is 41.7 Å². The highest BCUT2D eigenvalue weighted by Gasteiger charge is 2.25. The lowest BCUT2D eigenvalue weighted by Gasteiger charge is -2.35. The second-order valence-corrected chi connectivity index (χ2v) is 8.57. The number of thioether (sulfide) groups is 1. The van der Waals surface area contributed by atoms with Gasteiger partial charge in [-0.3, -0.25) is 9.59 Å². The van der Waals surface area contributed by atoms with Crippen molar-refractivity contribution in [2.24, 2.45) is 0 Å². The zero-order chi connectivity index (χ0) is 19.9. The Hall–Kier alpha value is -1.93. The summed E-state index contributed by atoms with van der Waals surface area (Å²) in [5.74, 6) is 0.180. The van der Waals surface area contributed by atoms with Gasteiger partial charge < -0.3 is 10.2 Å². The number of benzene rings is 1. The number of thiazole rings is 1. The van der Waals surface area contributed by atoms with E-state index in [1.807, 2.05) is 10.3 Å². The molecule has 1 atom stereocenters. The molecule has 1 saturated heterocycles. The van der Waals surface area contributed by atoms with Crippen LogP contribution in [0.5, 0.6) is 0 Å². The fourth-order valence-electron chi connectivity index (χ4n) is 3.31. The van der Waals surface area contributed by atoms with Gasteiger partial charge in [-0.05, 0) is 49.9 Å². The number of carbonyl (C=O) groups is 2. The Morgan fingerprint density at radius 1 is 1.29 bits per heavy atom. The highest BCUT2D eigenvalue weighted by atomic mass is 32.2. The number of carbonyl (C=O) groups excluding carboxylic acids is 2. The Bertz CT molecular complexity index is 810. The molecule has 2 aromatic rings. The minimum atomic E-state index is -0.297. The number of likely N-dealkylation sites (tertiary alicyclic amines) is 1. The van der Waals surface area contributed by atoms with Gasteiger partial charge >= 0.3 is 0 Å². The molecule has 1 aliphatic rings. The SMILES string of the molecule is CCC1CCCCN1C(=O)CSCC(=O)Nc1nc(-c2ccc(F)cc2)cs1. The summed E-state index contributed by atoms with van der Waals surface area (Å²) in [6.45, 7) is 2.94. The molecule has 1 aromatic heterocycles. The number of nitrogens with one attached hydrogen (secondary N) is 1. The predicted molar refractivity (Wildman–Crippen MR) is 113 cm³/mol. The molecule has 8 heteroatoms. The fourth-order valence-corrected chi connectivity index (χ4v) is 4.74. The van der Waals surface area contributed by atoms with Crippen molar-refractivity contribution in [3.8, 4) is 11.3 Å². The smallest absolute Gasteiger partial charge is 0.236 e. The number of nitrogens with zero attached hydrogens (tertiary/aromatic N) is 2. The maximum absolute atomic E-state index is 13.0. The second-order valence-electron chi connectivity index (χ2n) is 6.73. The number of rotatable bonds is 7.